The molecule has 0 atom stereocenters. The van der Waals surface area contributed by atoms with E-state index in [1.165, 1.54) is 46.3 Å². The third kappa shape index (κ3) is 7.37. The van der Waals surface area contributed by atoms with E-state index in [9.17, 15) is 0 Å². The summed E-state index contributed by atoms with van der Waals surface area (Å²) in [6, 6.07) is 4.61. The van der Waals surface area contributed by atoms with Crippen molar-refractivity contribution in [2.75, 3.05) is 0 Å². The maximum atomic E-state index is 3.44. The van der Waals surface area contributed by atoms with Gasteiger partial charge in [0.1, 0.15) is 0 Å². The molecule has 0 fully saturated rings. The van der Waals surface area contributed by atoms with E-state index >= 15 is 0 Å². The van der Waals surface area contributed by atoms with Crippen LogP contribution in [0.1, 0.15) is 65.2 Å². The van der Waals surface area contributed by atoms with E-state index in [1.807, 2.05) is 0 Å². The Kier molecular flexibility index (Phi) is 14.4. The second kappa shape index (κ2) is 11.8. The smallest absolute Gasteiger partial charge is 1.00 e. The topological polar surface area (TPSA) is 0 Å². The summed E-state index contributed by atoms with van der Waals surface area (Å²) in [4.78, 5) is 0. The monoisotopic (exact) mass is 430 g/mol. The molecule has 0 unspecified atom stereocenters. The summed E-state index contributed by atoms with van der Waals surface area (Å²) >= 11 is 0. The SMILES string of the molecule is CC1=[C-]C(C)(C)C(C)=C1C.CCc1cc(CC)[c-](C)c1.[Cl-].[Cl-].[Zr+4]. The average molecular weight is 433 g/mol. The third-order valence-corrected chi connectivity index (χ3v) is 4.62. The van der Waals surface area contributed by atoms with Crippen LogP contribution in [-0.2, 0) is 39.0 Å². The Bertz CT molecular complexity index is 534. The van der Waals surface area contributed by atoms with Crippen molar-refractivity contribution >= 4 is 0 Å². The predicted molar refractivity (Wildman–Crippen MR) is 90.1 cm³/mol. The molecular weight excluding hydrogens is 402 g/mol. The summed E-state index contributed by atoms with van der Waals surface area (Å²) in [6.07, 6.45) is 5.78. The minimum atomic E-state index is 0. The molecule has 0 aliphatic heterocycles. The van der Waals surface area contributed by atoms with Gasteiger partial charge in [0.2, 0.25) is 0 Å². The van der Waals surface area contributed by atoms with E-state index in [0.29, 0.717) is 0 Å². The molecule has 0 N–H and O–H groups in total. The fourth-order valence-corrected chi connectivity index (χ4v) is 2.74. The summed E-state index contributed by atoms with van der Waals surface area (Å²) in [7, 11) is 0. The molecule has 0 nitrogen and oxygen atoms in total. The molecular formula is C20H30Cl2Zr. The predicted octanol–water partition coefficient (Wildman–Crippen LogP) is -0.0437. The Balaban J connectivity index is -0.000000308. The quantitative estimate of drug-likeness (QED) is 0.576. The van der Waals surface area contributed by atoms with Gasteiger partial charge in [-0.2, -0.15) is 33.9 Å². The molecule has 2 rings (SSSR count). The zero-order chi connectivity index (χ0) is 15.5. The second-order valence-corrected chi connectivity index (χ2v) is 6.40. The molecule has 1 aromatic rings. The first-order valence-corrected chi connectivity index (χ1v) is 7.78. The summed E-state index contributed by atoms with van der Waals surface area (Å²) < 4.78 is 0. The first-order valence-electron chi connectivity index (χ1n) is 7.78. The molecule has 0 saturated carbocycles. The average Bonchev–Trinajstić information content (AvgIpc) is 2.84. The third-order valence-electron chi connectivity index (χ3n) is 4.62. The second-order valence-electron chi connectivity index (χ2n) is 6.40. The van der Waals surface area contributed by atoms with Crippen molar-refractivity contribution < 1.29 is 51.0 Å². The van der Waals surface area contributed by atoms with Crippen LogP contribution in [0.4, 0.5) is 0 Å². The Labute approximate surface area is 175 Å². The molecule has 0 aromatic heterocycles. The Hall–Kier alpha value is 0.293. The molecule has 1 aromatic carbocycles. The summed E-state index contributed by atoms with van der Waals surface area (Å²) in [5.74, 6) is 0. The molecule has 1 aliphatic rings. The van der Waals surface area contributed by atoms with Crippen molar-refractivity contribution in [1.29, 1.82) is 0 Å². The van der Waals surface area contributed by atoms with Gasteiger partial charge in [-0.1, -0.05) is 66.7 Å². The fraction of sp³-hybridized carbons (Fsp3) is 0.550. The van der Waals surface area contributed by atoms with Crippen LogP contribution in [0.2, 0.25) is 0 Å². The summed E-state index contributed by atoms with van der Waals surface area (Å²) in [5, 5.41) is 0. The molecule has 0 heterocycles. The van der Waals surface area contributed by atoms with Gasteiger partial charge in [0.05, 0.1) is 0 Å². The van der Waals surface area contributed by atoms with E-state index in [0.717, 1.165) is 0 Å². The van der Waals surface area contributed by atoms with Crippen LogP contribution >= 0.6 is 0 Å². The first kappa shape index (κ1) is 28.1. The van der Waals surface area contributed by atoms with Gasteiger partial charge in [0, 0.05) is 0 Å². The Morgan fingerprint density at radius 1 is 1.04 bits per heavy atom. The number of aryl methyl sites for hydroxylation is 3. The van der Waals surface area contributed by atoms with Gasteiger partial charge >= 0.3 is 26.2 Å². The van der Waals surface area contributed by atoms with Gasteiger partial charge in [-0.3, -0.25) is 6.08 Å². The van der Waals surface area contributed by atoms with Gasteiger partial charge in [-0.15, -0.1) is 6.92 Å². The largest absolute Gasteiger partial charge is 4.00 e. The zero-order valence-corrected chi connectivity index (χ0v) is 19.8. The van der Waals surface area contributed by atoms with Crippen molar-refractivity contribution in [3.63, 3.8) is 0 Å². The number of halogens is 2. The molecule has 128 valence electrons. The van der Waals surface area contributed by atoms with Crippen molar-refractivity contribution in [2.24, 2.45) is 5.41 Å². The fourth-order valence-electron chi connectivity index (χ4n) is 2.74. The van der Waals surface area contributed by atoms with E-state index in [2.05, 4.69) is 73.6 Å². The summed E-state index contributed by atoms with van der Waals surface area (Å²) in [5.41, 5.74) is 8.84. The molecule has 0 bridgehead atoms. The van der Waals surface area contributed by atoms with Gasteiger partial charge in [0.25, 0.3) is 0 Å². The zero-order valence-electron chi connectivity index (χ0n) is 15.8. The van der Waals surface area contributed by atoms with E-state index in [-0.39, 0.29) is 56.4 Å². The van der Waals surface area contributed by atoms with Crippen LogP contribution in [0.25, 0.3) is 0 Å². The van der Waals surface area contributed by atoms with E-state index in [4.69, 9.17) is 0 Å². The van der Waals surface area contributed by atoms with Gasteiger partial charge in [-0.05, 0) is 0 Å². The maximum Gasteiger partial charge on any atom is 4.00 e. The minimum absolute atomic E-state index is 0. The van der Waals surface area contributed by atoms with Crippen molar-refractivity contribution in [3.05, 3.63) is 51.6 Å². The van der Waals surface area contributed by atoms with Crippen molar-refractivity contribution in [3.8, 4) is 0 Å². The van der Waals surface area contributed by atoms with Gasteiger partial charge in [-0.25, -0.2) is 11.6 Å². The Morgan fingerprint density at radius 3 is 1.74 bits per heavy atom. The Morgan fingerprint density at radius 2 is 1.57 bits per heavy atom. The molecule has 23 heavy (non-hydrogen) atoms. The van der Waals surface area contributed by atoms with Crippen LogP contribution in [0.3, 0.4) is 0 Å². The number of rotatable bonds is 2. The molecule has 1 aliphatic carbocycles. The van der Waals surface area contributed by atoms with Gasteiger partial charge < -0.3 is 24.8 Å². The van der Waals surface area contributed by atoms with Crippen LogP contribution in [0.15, 0.2) is 28.9 Å². The summed E-state index contributed by atoms with van der Waals surface area (Å²) in [6.45, 7) is 17.5. The maximum absolute atomic E-state index is 3.44. The van der Waals surface area contributed by atoms with Crippen LogP contribution in [0.5, 0.6) is 0 Å². The minimum Gasteiger partial charge on any atom is -1.00 e. The number of allylic oxidation sites excluding steroid dienone is 4. The van der Waals surface area contributed by atoms with Gasteiger partial charge in [0.15, 0.2) is 0 Å². The van der Waals surface area contributed by atoms with E-state index in [1.54, 1.807) is 0 Å². The molecule has 3 heteroatoms. The standard InChI is InChI=1S/2C10H15.2ClH.Zr/c1-7-6-10(4,5)9(3)8(7)2;1-4-9-6-8(3)10(5-2)7-9;;;/h1-5H3;6-7H,4-5H2,1-3H3;2*1H;/q2*-1;;;+4/p-2. The van der Waals surface area contributed by atoms with Crippen LogP contribution in [-0.4, -0.2) is 0 Å². The van der Waals surface area contributed by atoms with Crippen LogP contribution in [0, 0.1) is 18.4 Å². The number of hydrogen-bond donors (Lipinski definition) is 0. The number of hydrogen-bond acceptors (Lipinski definition) is 0. The molecule has 0 radical (unpaired) electrons. The van der Waals surface area contributed by atoms with Crippen LogP contribution < -0.4 is 24.8 Å². The molecule has 0 amide bonds. The molecule has 0 saturated heterocycles. The first-order chi connectivity index (χ1) is 9.22. The normalized spacial score (nSPS) is 14.7. The molecule has 0 spiro atoms. The van der Waals surface area contributed by atoms with Crippen molar-refractivity contribution in [1.82, 2.24) is 0 Å². The van der Waals surface area contributed by atoms with Crippen molar-refractivity contribution in [2.45, 2.75) is 68.2 Å². The van der Waals surface area contributed by atoms with E-state index < -0.39 is 0 Å².